The molecule has 0 N–H and O–H groups in total. The van der Waals surface area contributed by atoms with Gasteiger partial charge in [-0.2, -0.15) is 13.2 Å². The van der Waals surface area contributed by atoms with Crippen LogP contribution in [-0.2, 0) is 4.74 Å². The molecule has 1 aromatic heterocycles. The van der Waals surface area contributed by atoms with E-state index in [1.54, 1.807) is 0 Å². The van der Waals surface area contributed by atoms with Gasteiger partial charge in [-0.15, -0.1) is 0 Å². The highest BCUT2D eigenvalue weighted by Gasteiger charge is 2.42. The summed E-state index contributed by atoms with van der Waals surface area (Å²) >= 11 is 0. The normalized spacial score (nSPS) is 12.0. The van der Waals surface area contributed by atoms with Crippen LogP contribution in [0.4, 0.5) is 13.2 Å². The Morgan fingerprint density at radius 2 is 1.22 bits per heavy atom. The number of benzene rings is 2. The molecule has 1 unspecified atom stereocenters. The van der Waals surface area contributed by atoms with E-state index in [9.17, 15) is 22.8 Å². The number of rotatable bonds is 20. The van der Waals surface area contributed by atoms with Crippen LogP contribution in [0.1, 0.15) is 118 Å². The zero-order valence-corrected chi connectivity index (χ0v) is 26.8. The Morgan fingerprint density at radius 3 is 1.80 bits per heavy atom. The first-order chi connectivity index (χ1) is 22.2. The van der Waals surface area contributed by atoms with Crippen molar-refractivity contribution in [3.05, 3.63) is 72.1 Å². The number of unbranched alkanes of at least 4 members (excludes halogenated alkanes) is 10. The van der Waals surface area contributed by atoms with Crippen molar-refractivity contribution >= 4 is 11.9 Å². The smallest absolute Gasteiger partial charge is 0.425 e. The monoisotopic (exact) mass is 642 g/mol. The Morgan fingerprint density at radius 1 is 0.674 bits per heavy atom. The number of carbonyl (C=O) groups excluding carboxylic acids is 2. The summed E-state index contributed by atoms with van der Waals surface area (Å²) in [5.41, 5.74) is 0.784. The van der Waals surface area contributed by atoms with E-state index in [2.05, 4.69) is 23.8 Å². The quantitative estimate of drug-likeness (QED) is 0.0689. The van der Waals surface area contributed by atoms with E-state index in [1.807, 2.05) is 24.3 Å². The van der Waals surface area contributed by atoms with Crippen LogP contribution in [-0.4, -0.2) is 40.8 Å². The Bertz CT molecular complexity index is 1310. The van der Waals surface area contributed by atoms with Crippen LogP contribution in [0.15, 0.2) is 60.9 Å². The molecule has 3 rings (SSSR count). The molecule has 0 aliphatic rings. The SMILES string of the molecule is CCCCCCCCOc1ccc(-c2ncc(C(=O)Oc3ccc(C(=O)OC(CCCCCCCC)C(F)(F)F)cc3)cn2)cc1. The van der Waals surface area contributed by atoms with Gasteiger partial charge in [0.15, 0.2) is 11.9 Å². The van der Waals surface area contributed by atoms with Gasteiger partial charge in [-0.05, 0) is 67.8 Å². The van der Waals surface area contributed by atoms with Crippen LogP contribution in [0.2, 0.25) is 0 Å². The maximum atomic E-state index is 13.5. The van der Waals surface area contributed by atoms with Crippen molar-refractivity contribution in [2.75, 3.05) is 6.61 Å². The topological polar surface area (TPSA) is 87.6 Å². The average Bonchev–Trinajstić information content (AvgIpc) is 3.05. The molecule has 1 atom stereocenters. The van der Waals surface area contributed by atoms with Gasteiger partial charge < -0.3 is 14.2 Å². The van der Waals surface area contributed by atoms with E-state index >= 15 is 0 Å². The van der Waals surface area contributed by atoms with Crippen LogP contribution >= 0.6 is 0 Å². The largest absolute Gasteiger partial charge is 0.494 e. The molecule has 0 saturated heterocycles. The lowest BCUT2D eigenvalue weighted by atomic mass is 10.1. The molecule has 0 aliphatic heterocycles. The number of carbonyl (C=O) groups is 2. The van der Waals surface area contributed by atoms with Crippen LogP contribution in [0.3, 0.4) is 0 Å². The van der Waals surface area contributed by atoms with Crippen molar-refractivity contribution in [2.45, 2.75) is 110 Å². The van der Waals surface area contributed by atoms with Crippen molar-refractivity contribution in [1.82, 2.24) is 9.97 Å². The molecular formula is C36H45F3N2O5. The zero-order chi connectivity index (χ0) is 33.2. The van der Waals surface area contributed by atoms with E-state index in [-0.39, 0.29) is 23.3 Å². The zero-order valence-electron chi connectivity index (χ0n) is 26.8. The molecular weight excluding hydrogens is 597 g/mol. The molecule has 250 valence electrons. The summed E-state index contributed by atoms with van der Waals surface area (Å²) in [7, 11) is 0. The van der Waals surface area contributed by atoms with Crippen LogP contribution in [0.5, 0.6) is 11.5 Å². The molecule has 7 nitrogen and oxygen atoms in total. The lowest BCUT2D eigenvalue weighted by Crippen LogP contribution is -2.33. The van der Waals surface area contributed by atoms with E-state index in [4.69, 9.17) is 14.2 Å². The van der Waals surface area contributed by atoms with Crippen molar-refractivity contribution in [1.29, 1.82) is 0 Å². The summed E-state index contributed by atoms with van der Waals surface area (Å²) in [5.74, 6) is -0.522. The predicted molar refractivity (Wildman–Crippen MR) is 171 cm³/mol. The summed E-state index contributed by atoms with van der Waals surface area (Å²) in [5, 5.41) is 0. The fourth-order valence-corrected chi connectivity index (χ4v) is 4.78. The number of halogens is 3. The molecule has 1 heterocycles. The average molecular weight is 643 g/mol. The molecule has 46 heavy (non-hydrogen) atoms. The Labute approximate surface area is 269 Å². The summed E-state index contributed by atoms with van der Waals surface area (Å²) in [6.45, 7) is 4.94. The second kappa shape index (κ2) is 19.5. The van der Waals surface area contributed by atoms with Gasteiger partial charge in [0.2, 0.25) is 0 Å². The lowest BCUT2D eigenvalue weighted by Gasteiger charge is -2.20. The van der Waals surface area contributed by atoms with Gasteiger partial charge in [-0.1, -0.05) is 78.1 Å². The molecule has 0 radical (unpaired) electrons. The van der Waals surface area contributed by atoms with Gasteiger partial charge >= 0.3 is 18.1 Å². The minimum atomic E-state index is -4.66. The molecule has 2 aromatic carbocycles. The summed E-state index contributed by atoms with van der Waals surface area (Å²) in [4.78, 5) is 33.6. The fourth-order valence-electron chi connectivity index (χ4n) is 4.78. The second-order valence-corrected chi connectivity index (χ2v) is 11.3. The summed E-state index contributed by atoms with van der Waals surface area (Å²) in [6.07, 6.45) is 7.67. The first kappa shape index (κ1) is 36.5. The molecule has 0 saturated carbocycles. The number of nitrogens with zero attached hydrogens (tertiary/aromatic N) is 2. The highest BCUT2D eigenvalue weighted by Crippen LogP contribution is 2.28. The summed E-state index contributed by atoms with van der Waals surface area (Å²) in [6, 6.07) is 12.6. The summed E-state index contributed by atoms with van der Waals surface area (Å²) < 4.78 is 56.4. The number of hydrogen-bond donors (Lipinski definition) is 0. The molecule has 3 aromatic rings. The third-order valence-electron chi connectivity index (χ3n) is 7.50. The molecule has 0 spiro atoms. The van der Waals surface area contributed by atoms with Gasteiger partial charge in [-0.25, -0.2) is 19.6 Å². The Balaban J connectivity index is 1.47. The van der Waals surface area contributed by atoms with Crippen LogP contribution < -0.4 is 9.47 Å². The number of alkyl halides is 3. The molecule has 0 bridgehead atoms. The Kier molecular flexibility index (Phi) is 15.5. The predicted octanol–water partition coefficient (Wildman–Crippen LogP) is 9.94. The second-order valence-electron chi connectivity index (χ2n) is 11.3. The van der Waals surface area contributed by atoms with Crippen LogP contribution in [0, 0.1) is 0 Å². The van der Waals surface area contributed by atoms with E-state index in [0.29, 0.717) is 25.3 Å². The Hall–Kier alpha value is -3.95. The molecule has 0 amide bonds. The molecule has 10 heteroatoms. The third-order valence-corrected chi connectivity index (χ3v) is 7.50. The maximum absolute atomic E-state index is 13.5. The van der Waals surface area contributed by atoms with E-state index in [0.717, 1.165) is 49.8 Å². The van der Waals surface area contributed by atoms with Crippen molar-refractivity contribution in [3.63, 3.8) is 0 Å². The first-order valence-corrected chi connectivity index (χ1v) is 16.4. The number of esters is 2. The molecule has 0 aliphatic carbocycles. The van der Waals surface area contributed by atoms with Gasteiger partial charge in [0.05, 0.1) is 17.7 Å². The maximum Gasteiger partial charge on any atom is 0.425 e. The van der Waals surface area contributed by atoms with E-state index < -0.39 is 24.2 Å². The van der Waals surface area contributed by atoms with Gasteiger partial charge in [0.25, 0.3) is 0 Å². The van der Waals surface area contributed by atoms with E-state index in [1.165, 1.54) is 62.3 Å². The number of aromatic nitrogens is 2. The fraction of sp³-hybridized carbons (Fsp3) is 0.500. The minimum absolute atomic E-state index is 0.0801. The number of ether oxygens (including phenoxy) is 3. The van der Waals surface area contributed by atoms with Gasteiger partial charge in [0, 0.05) is 18.0 Å². The number of hydrogen-bond acceptors (Lipinski definition) is 7. The first-order valence-electron chi connectivity index (χ1n) is 16.4. The highest BCUT2D eigenvalue weighted by atomic mass is 19.4. The third kappa shape index (κ3) is 12.8. The standard InChI is InChI=1S/C36H45F3N2O5/c1-3-5-7-9-11-13-15-32(36(37,38)39)46-34(42)28-18-22-31(23-19-28)45-35(43)29-25-40-33(41-26-29)27-16-20-30(21-17-27)44-24-14-12-10-8-6-4-2/h16-23,25-26,32H,3-15,24H2,1-2H3. The van der Waals surface area contributed by atoms with Crippen molar-refractivity contribution in [3.8, 4) is 22.9 Å². The highest BCUT2D eigenvalue weighted by molar-refractivity contribution is 5.91. The lowest BCUT2D eigenvalue weighted by molar-refractivity contribution is -0.206. The van der Waals surface area contributed by atoms with Gasteiger partial charge in [0.1, 0.15) is 11.5 Å². The van der Waals surface area contributed by atoms with Crippen molar-refractivity contribution < 1.29 is 37.0 Å². The molecule has 0 fully saturated rings. The minimum Gasteiger partial charge on any atom is -0.494 e. The van der Waals surface area contributed by atoms with Crippen LogP contribution in [0.25, 0.3) is 11.4 Å². The van der Waals surface area contributed by atoms with Crippen molar-refractivity contribution in [2.24, 2.45) is 0 Å². The van der Waals surface area contributed by atoms with Gasteiger partial charge in [-0.3, -0.25) is 0 Å².